The maximum absolute atomic E-state index is 13.6. The monoisotopic (exact) mass is 514 g/mol. The summed E-state index contributed by atoms with van der Waals surface area (Å²) in [6.07, 6.45) is -8.52. The molecule has 1 N–H and O–H groups in total. The van der Waals surface area contributed by atoms with Gasteiger partial charge in [-0.3, -0.25) is 15.2 Å². The van der Waals surface area contributed by atoms with Gasteiger partial charge in [0.2, 0.25) is 5.91 Å². The van der Waals surface area contributed by atoms with Crippen LogP contribution < -0.4 is 10.4 Å². The SMILES string of the molecule is O=C(CC(F)(F)F)NN1CCc2cc(C=CC(c3cc(Cl)c(F)c(Cl)c3)C(F)(F)F)ccc21. The number of halogens is 9. The van der Waals surface area contributed by atoms with Gasteiger partial charge in [-0.25, -0.2) is 4.39 Å². The molecule has 1 heterocycles. The summed E-state index contributed by atoms with van der Waals surface area (Å²) >= 11 is 11.3. The number of carbonyl (C=O) groups excluding carboxylic acids is 1. The Kier molecular flexibility index (Phi) is 7.18. The Labute approximate surface area is 193 Å². The lowest BCUT2D eigenvalue weighted by Gasteiger charge is -2.21. The number of benzene rings is 2. The van der Waals surface area contributed by atoms with Gasteiger partial charge in [-0.15, -0.1) is 0 Å². The molecule has 178 valence electrons. The van der Waals surface area contributed by atoms with Crippen LogP contribution in [0.3, 0.4) is 0 Å². The van der Waals surface area contributed by atoms with Crippen molar-refractivity contribution < 1.29 is 35.5 Å². The van der Waals surface area contributed by atoms with E-state index in [4.69, 9.17) is 23.2 Å². The Hall–Kier alpha value is -2.46. The van der Waals surface area contributed by atoms with Crippen molar-refractivity contribution in [1.29, 1.82) is 0 Å². The number of amides is 1. The zero-order chi connectivity index (χ0) is 24.6. The molecule has 0 saturated heterocycles. The van der Waals surface area contributed by atoms with Crippen LogP contribution in [0.25, 0.3) is 6.08 Å². The molecule has 1 unspecified atom stereocenters. The molecule has 2 aromatic carbocycles. The second kappa shape index (κ2) is 9.42. The molecule has 0 aliphatic carbocycles. The molecular weight excluding hydrogens is 500 g/mol. The molecule has 1 aliphatic heterocycles. The third-order valence-corrected chi connectivity index (χ3v) is 5.37. The minimum atomic E-state index is -4.71. The Morgan fingerprint density at radius 2 is 1.73 bits per heavy atom. The quantitative estimate of drug-likeness (QED) is 0.350. The molecule has 0 bridgehead atoms. The van der Waals surface area contributed by atoms with Crippen LogP contribution in [0.4, 0.5) is 36.4 Å². The summed E-state index contributed by atoms with van der Waals surface area (Å²) in [6, 6.07) is 6.23. The molecule has 3 nitrogen and oxygen atoms in total. The first-order chi connectivity index (χ1) is 15.2. The lowest BCUT2D eigenvalue weighted by Crippen LogP contribution is -2.42. The van der Waals surface area contributed by atoms with Crippen LogP contribution in [-0.2, 0) is 11.2 Å². The molecular formula is C21H15Cl2F7N2O. The first-order valence-corrected chi connectivity index (χ1v) is 10.2. The molecule has 0 fully saturated rings. The average molecular weight is 515 g/mol. The predicted molar refractivity (Wildman–Crippen MR) is 111 cm³/mol. The predicted octanol–water partition coefficient (Wildman–Crippen LogP) is 6.84. The van der Waals surface area contributed by atoms with E-state index < -0.39 is 46.5 Å². The number of anilines is 1. The topological polar surface area (TPSA) is 32.3 Å². The molecule has 3 rings (SSSR count). The lowest BCUT2D eigenvalue weighted by molar-refractivity contribution is -0.153. The number of carbonyl (C=O) groups is 1. The molecule has 33 heavy (non-hydrogen) atoms. The summed E-state index contributed by atoms with van der Waals surface area (Å²) in [5, 5.41) is 0.188. The lowest BCUT2D eigenvalue weighted by atomic mass is 9.96. The van der Waals surface area contributed by atoms with E-state index in [1.807, 2.05) is 0 Å². The van der Waals surface area contributed by atoms with E-state index in [0.29, 0.717) is 23.2 Å². The van der Waals surface area contributed by atoms with Gasteiger partial charge >= 0.3 is 12.4 Å². The van der Waals surface area contributed by atoms with E-state index in [1.165, 1.54) is 23.2 Å². The Morgan fingerprint density at radius 1 is 1.09 bits per heavy atom. The molecule has 1 atom stereocenters. The zero-order valence-corrected chi connectivity index (χ0v) is 18.0. The van der Waals surface area contributed by atoms with E-state index in [1.54, 1.807) is 6.07 Å². The minimum Gasteiger partial charge on any atom is -0.285 e. The summed E-state index contributed by atoms with van der Waals surface area (Å²) in [5.74, 6) is -4.35. The summed E-state index contributed by atoms with van der Waals surface area (Å²) in [6.45, 7) is 0.212. The van der Waals surface area contributed by atoms with Crippen molar-refractivity contribution in [3.63, 3.8) is 0 Å². The van der Waals surface area contributed by atoms with Crippen molar-refractivity contribution in [2.45, 2.75) is 31.1 Å². The van der Waals surface area contributed by atoms with Gasteiger partial charge in [0.25, 0.3) is 0 Å². The average Bonchev–Trinajstić information content (AvgIpc) is 3.05. The molecule has 1 aliphatic rings. The normalized spacial score (nSPS) is 15.1. The van der Waals surface area contributed by atoms with Gasteiger partial charge in [-0.05, 0) is 47.4 Å². The number of fused-ring (bicyclic) bond motifs is 1. The Morgan fingerprint density at radius 3 is 2.30 bits per heavy atom. The van der Waals surface area contributed by atoms with Gasteiger partial charge in [-0.2, -0.15) is 26.3 Å². The van der Waals surface area contributed by atoms with Crippen molar-refractivity contribution in [2.24, 2.45) is 0 Å². The third kappa shape index (κ3) is 6.32. The molecule has 0 spiro atoms. The maximum atomic E-state index is 13.6. The van der Waals surface area contributed by atoms with Gasteiger partial charge in [0.1, 0.15) is 6.42 Å². The molecule has 0 aromatic heterocycles. The van der Waals surface area contributed by atoms with E-state index in [0.717, 1.165) is 18.2 Å². The highest BCUT2D eigenvalue weighted by molar-refractivity contribution is 6.35. The highest BCUT2D eigenvalue weighted by Gasteiger charge is 2.39. The number of hydrogen-bond acceptors (Lipinski definition) is 2. The highest BCUT2D eigenvalue weighted by Crippen LogP contribution is 2.39. The number of rotatable bonds is 5. The van der Waals surface area contributed by atoms with Crippen LogP contribution >= 0.6 is 23.2 Å². The van der Waals surface area contributed by atoms with Crippen molar-refractivity contribution in [1.82, 2.24) is 5.43 Å². The number of alkyl halides is 6. The van der Waals surface area contributed by atoms with Gasteiger partial charge in [0.05, 0.1) is 21.7 Å². The fraction of sp³-hybridized carbons (Fsp3) is 0.286. The van der Waals surface area contributed by atoms with E-state index in [9.17, 15) is 35.5 Å². The van der Waals surface area contributed by atoms with Crippen LogP contribution in [0.15, 0.2) is 36.4 Å². The Balaban J connectivity index is 1.80. The third-order valence-electron chi connectivity index (χ3n) is 4.82. The number of allylic oxidation sites excluding steroid dienone is 1. The van der Waals surface area contributed by atoms with E-state index in [2.05, 4.69) is 5.43 Å². The van der Waals surface area contributed by atoms with Gasteiger partial charge in [0, 0.05) is 6.54 Å². The molecule has 0 saturated carbocycles. The smallest absolute Gasteiger partial charge is 0.285 e. The number of nitrogens with one attached hydrogen (secondary N) is 1. The molecule has 0 radical (unpaired) electrons. The first kappa shape index (κ1) is 25.2. The highest BCUT2D eigenvalue weighted by atomic mass is 35.5. The minimum absolute atomic E-state index is 0.212. The van der Waals surface area contributed by atoms with Gasteiger partial charge in [0.15, 0.2) is 5.82 Å². The van der Waals surface area contributed by atoms with Crippen molar-refractivity contribution in [2.75, 3.05) is 11.6 Å². The summed E-state index contributed by atoms with van der Waals surface area (Å²) in [4.78, 5) is 11.5. The number of hydrazine groups is 1. The fourth-order valence-corrected chi connectivity index (χ4v) is 3.89. The maximum Gasteiger partial charge on any atom is 0.399 e. The van der Waals surface area contributed by atoms with Crippen LogP contribution in [0, 0.1) is 5.82 Å². The van der Waals surface area contributed by atoms with E-state index >= 15 is 0 Å². The largest absolute Gasteiger partial charge is 0.399 e. The second-order valence-corrected chi connectivity index (χ2v) is 8.11. The molecule has 1 amide bonds. The van der Waals surface area contributed by atoms with Gasteiger partial charge < -0.3 is 0 Å². The first-order valence-electron chi connectivity index (χ1n) is 9.40. The van der Waals surface area contributed by atoms with Crippen molar-refractivity contribution >= 4 is 40.9 Å². The van der Waals surface area contributed by atoms with Crippen molar-refractivity contribution in [3.8, 4) is 0 Å². The zero-order valence-electron chi connectivity index (χ0n) is 16.5. The molecule has 2 aromatic rings. The van der Waals surface area contributed by atoms with Crippen LogP contribution in [-0.4, -0.2) is 24.8 Å². The van der Waals surface area contributed by atoms with Crippen LogP contribution in [0.2, 0.25) is 10.0 Å². The fourth-order valence-electron chi connectivity index (χ4n) is 3.38. The van der Waals surface area contributed by atoms with Crippen molar-refractivity contribution in [3.05, 3.63) is 69.0 Å². The molecule has 12 heteroatoms. The van der Waals surface area contributed by atoms with Crippen LogP contribution in [0.1, 0.15) is 29.0 Å². The van der Waals surface area contributed by atoms with E-state index in [-0.39, 0.29) is 12.1 Å². The number of nitrogens with zero attached hydrogens (tertiary/aromatic N) is 1. The summed E-state index contributed by atoms with van der Waals surface area (Å²) < 4.78 is 91.5. The second-order valence-electron chi connectivity index (χ2n) is 7.29. The summed E-state index contributed by atoms with van der Waals surface area (Å²) in [5.41, 5.74) is 3.32. The van der Waals surface area contributed by atoms with Crippen LogP contribution in [0.5, 0.6) is 0 Å². The summed E-state index contributed by atoms with van der Waals surface area (Å²) in [7, 11) is 0. The standard InChI is InChI=1S/C21H15Cl2F7N2O/c22-15-8-13(9-16(23)19(15)24)14(21(28,29)30)3-1-11-2-4-17-12(7-11)5-6-32(17)31-18(33)10-20(25,26)27/h1-4,7-9,14H,5-6,10H2,(H,31,33). The Bertz CT molecular complexity index is 1060. The van der Waals surface area contributed by atoms with Gasteiger partial charge in [-0.1, -0.05) is 41.4 Å². The number of hydrogen-bond donors (Lipinski definition) is 1.